The number of aliphatic hydroxyl groups excluding tert-OH is 1. The number of carbonyl (C=O) groups excluding carboxylic acids is 2. The Labute approximate surface area is 167 Å². The highest BCUT2D eigenvalue weighted by Gasteiger charge is 2.27. The SMILES string of the molecule is O=C=CC1C(C(=O)NCc2ccc(Cl)cc2)=CNc2ccc(C#CCO)cc21. The molecule has 0 bridgehead atoms. The number of hydrogen-bond acceptors (Lipinski definition) is 4. The van der Waals surface area contributed by atoms with Crippen molar-refractivity contribution in [1.29, 1.82) is 0 Å². The summed E-state index contributed by atoms with van der Waals surface area (Å²) in [6.45, 7) is 0.0883. The van der Waals surface area contributed by atoms with E-state index in [4.69, 9.17) is 16.7 Å². The van der Waals surface area contributed by atoms with Crippen LogP contribution in [0.3, 0.4) is 0 Å². The van der Waals surface area contributed by atoms with Gasteiger partial charge in [-0.05, 0) is 41.5 Å². The summed E-state index contributed by atoms with van der Waals surface area (Å²) in [7, 11) is 0. The first-order valence-corrected chi connectivity index (χ1v) is 8.94. The predicted molar refractivity (Wildman–Crippen MR) is 108 cm³/mol. The van der Waals surface area contributed by atoms with Gasteiger partial charge in [0.05, 0.1) is 0 Å². The summed E-state index contributed by atoms with van der Waals surface area (Å²) in [5.41, 5.74) is 3.51. The normalized spacial score (nSPS) is 14.4. The molecule has 0 spiro atoms. The third-order valence-electron chi connectivity index (χ3n) is 4.28. The summed E-state index contributed by atoms with van der Waals surface area (Å²) < 4.78 is 0. The summed E-state index contributed by atoms with van der Waals surface area (Å²) in [6, 6.07) is 12.6. The summed E-state index contributed by atoms with van der Waals surface area (Å²) in [5.74, 6) is 6.37. The second kappa shape index (κ2) is 9.07. The average molecular weight is 393 g/mol. The molecule has 0 saturated carbocycles. The molecule has 1 aliphatic rings. The second-order valence-electron chi connectivity index (χ2n) is 6.08. The Morgan fingerprint density at radius 2 is 2.04 bits per heavy atom. The van der Waals surface area contributed by atoms with E-state index in [-0.39, 0.29) is 12.5 Å². The van der Waals surface area contributed by atoms with Gasteiger partial charge in [0.15, 0.2) is 0 Å². The van der Waals surface area contributed by atoms with E-state index in [0.29, 0.717) is 22.7 Å². The van der Waals surface area contributed by atoms with Crippen LogP contribution in [-0.2, 0) is 16.1 Å². The number of aliphatic hydroxyl groups is 1. The van der Waals surface area contributed by atoms with Crippen LogP contribution in [0.1, 0.15) is 22.6 Å². The maximum Gasteiger partial charge on any atom is 0.249 e. The molecule has 1 heterocycles. The molecule has 1 atom stereocenters. The van der Waals surface area contributed by atoms with Gasteiger partial charge in [0.25, 0.3) is 0 Å². The maximum absolute atomic E-state index is 12.7. The zero-order valence-electron chi connectivity index (χ0n) is 14.8. The van der Waals surface area contributed by atoms with Crippen LogP contribution < -0.4 is 10.6 Å². The van der Waals surface area contributed by atoms with Gasteiger partial charge in [-0.25, -0.2) is 4.79 Å². The molecule has 1 amide bonds. The number of nitrogens with one attached hydrogen (secondary N) is 2. The molecule has 0 radical (unpaired) electrons. The van der Waals surface area contributed by atoms with Crippen molar-refractivity contribution in [3.05, 3.63) is 82.0 Å². The summed E-state index contributed by atoms with van der Waals surface area (Å²) in [6.07, 6.45) is 2.91. The molecular weight excluding hydrogens is 376 g/mol. The fourth-order valence-electron chi connectivity index (χ4n) is 2.92. The monoisotopic (exact) mass is 392 g/mol. The Hall–Kier alpha value is -3.29. The summed E-state index contributed by atoms with van der Waals surface area (Å²) in [4.78, 5) is 23.8. The highest BCUT2D eigenvalue weighted by molar-refractivity contribution is 6.30. The zero-order valence-corrected chi connectivity index (χ0v) is 15.6. The number of rotatable bonds is 4. The molecule has 1 aliphatic heterocycles. The van der Waals surface area contributed by atoms with Crippen LogP contribution >= 0.6 is 11.6 Å². The molecule has 0 fully saturated rings. The number of amides is 1. The van der Waals surface area contributed by atoms with Gasteiger partial charge in [-0.1, -0.05) is 35.6 Å². The lowest BCUT2D eigenvalue weighted by Crippen LogP contribution is -2.29. The fraction of sp³-hybridized carbons (Fsp3) is 0.136. The molecule has 2 aromatic rings. The van der Waals surface area contributed by atoms with E-state index in [0.717, 1.165) is 16.8 Å². The smallest absolute Gasteiger partial charge is 0.249 e. The van der Waals surface area contributed by atoms with Crippen LogP contribution in [0.15, 0.2) is 60.3 Å². The van der Waals surface area contributed by atoms with Crippen LogP contribution in [0, 0.1) is 11.8 Å². The molecular formula is C22H17ClN2O3. The van der Waals surface area contributed by atoms with Gasteiger partial charge in [-0.3, -0.25) is 4.79 Å². The van der Waals surface area contributed by atoms with Gasteiger partial charge in [0.2, 0.25) is 5.91 Å². The predicted octanol–water partition coefficient (Wildman–Crippen LogP) is 2.78. The zero-order chi connectivity index (χ0) is 19.9. The van der Waals surface area contributed by atoms with Crippen LogP contribution in [0.5, 0.6) is 0 Å². The van der Waals surface area contributed by atoms with Crippen LogP contribution in [-0.4, -0.2) is 23.6 Å². The molecule has 2 aromatic carbocycles. The van der Waals surface area contributed by atoms with E-state index in [1.807, 2.05) is 18.2 Å². The lowest BCUT2D eigenvalue weighted by molar-refractivity contribution is -0.117. The first kappa shape index (κ1) is 19.5. The Balaban J connectivity index is 1.83. The number of allylic oxidation sites excluding steroid dienone is 1. The van der Waals surface area contributed by atoms with E-state index in [1.165, 1.54) is 6.08 Å². The third kappa shape index (κ3) is 4.51. The maximum atomic E-state index is 12.7. The number of benzene rings is 2. The number of anilines is 1. The Morgan fingerprint density at radius 1 is 1.25 bits per heavy atom. The molecule has 5 nitrogen and oxygen atoms in total. The minimum Gasteiger partial charge on any atom is -0.384 e. The highest BCUT2D eigenvalue weighted by Crippen LogP contribution is 2.35. The molecule has 3 N–H and O–H groups in total. The molecule has 1 unspecified atom stereocenters. The fourth-order valence-corrected chi connectivity index (χ4v) is 3.05. The molecule has 0 aliphatic carbocycles. The van der Waals surface area contributed by atoms with Crippen molar-refractivity contribution in [2.75, 3.05) is 11.9 Å². The minimum atomic E-state index is -0.546. The van der Waals surface area contributed by atoms with E-state index in [1.54, 1.807) is 36.4 Å². The minimum absolute atomic E-state index is 0.245. The van der Waals surface area contributed by atoms with Crippen molar-refractivity contribution < 1.29 is 14.7 Å². The number of halogens is 1. The molecule has 28 heavy (non-hydrogen) atoms. The van der Waals surface area contributed by atoms with Gasteiger partial charge < -0.3 is 15.7 Å². The van der Waals surface area contributed by atoms with Gasteiger partial charge in [-0.2, -0.15) is 0 Å². The Morgan fingerprint density at radius 3 is 2.75 bits per heavy atom. The van der Waals surface area contributed by atoms with Gasteiger partial charge in [0.1, 0.15) is 12.5 Å². The van der Waals surface area contributed by atoms with Gasteiger partial charge >= 0.3 is 0 Å². The lowest BCUT2D eigenvalue weighted by atomic mass is 9.86. The number of hydrogen-bond donors (Lipinski definition) is 3. The number of carbonyl (C=O) groups is 1. The quantitative estimate of drug-likeness (QED) is 0.552. The number of fused-ring (bicyclic) bond motifs is 1. The highest BCUT2D eigenvalue weighted by atomic mass is 35.5. The van der Waals surface area contributed by atoms with Crippen LogP contribution in [0.4, 0.5) is 5.69 Å². The van der Waals surface area contributed by atoms with Crippen LogP contribution in [0.25, 0.3) is 0 Å². The largest absolute Gasteiger partial charge is 0.384 e. The van der Waals surface area contributed by atoms with Crippen molar-refractivity contribution in [2.45, 2.75) is 12.5 Å². The molecule has 3 rings (SSSR count). The first-order valence-electron chi connectivity index (χ1n) is 8.56. The van der Waals surface area contributed by atoms with Gasteiger partial charge in [0, 0.05) is 46.6 Å². The van der Waals surface area contributed by atoms with E-state index < -0.39 is 5.92 Å². The Bertz CT molecular complexity index is 1030. The van der Waals surface area contributed by atoms with E-state index in [9.17, 15) is 9.59 Å². The lowest BCUT2D eigenvalue weighted by Gasteiger charge is -2.24. The Kier molecular flexibility index (Phi) is 6.31. The molecule has 140 valence electrons. The topological polar surface area (TPSA) is 78.4 Å². The van der Waals surface area contributed by atoms with E-state index >= 15 is 0 Å². The first-order chi connectivity index (χ1) is 13.6. The van der Waals surface area contributed by atoms with Crippen molar-refractivity contribution >= 4 is 29.1 Å². The van der Waals surface area contributed by atoms with Crippen molar-refractivity contribution in [1.82, 2.24) is 5.32 Å². The molecule has 6 heteroatoms. The second-order valence-corrected chi connectivity index (χ2v) is 6.51. The van der Waals surface area contributed by atoms with Crippen molar-refractivity contribution in [3.63, 3.8) is 0 Å². The van der Waals surface area contributed by atoms with Crippen LogP contribution in [0.2, 0.25) is 5.02 Å². The van der Waals surface area contributed by atoms with E-state index in [2.05, 4.69) is 22.5 Å². The standard InChI is InChI=1S/C22H17ClN2O3/c23-17-6-3-16(4-7-17)13-25-22(28)20-14-24-21-8-5-15(2-1-10-26)12-19(21)18(20)9-11-27/h3-9,12,14,18,24,26H,10,13H2,(H,25,28). The van der Waals surface area contributed by atoms with Crippen molar-refractivity contribution in [3.8, 4) is 11.8 Å². The average Bonchev–Trinajstić information content (AvgIpc) is 2.72. The molecule has 0 saturated heterocycles. The summed E-state index contributed by atoms with van der Waals surface area (Å²) >= 11 is 5.87. The third-order valence-corrected chi connectivity index (χ3v) is 4.53. The van der Waals surface area contributed by atoms with Crippen molar-refractivity contribution in [2.24, 2.45) is 0 Å². The molecule has 0 aromatic heterocycles. The van der Waals surface area contributed by atoms with Gasteiger partial charge in [-0.15, -0.1) is 0 Å². The summed E-state index contributed by atoms with van der Waals surface area (Å²) in [5, 5.41) is 15.4.